The van der Waals surface area contributed by atoms with E-state index in [0.717, 1.165) is 5.56 Å². The van der Waals surface area contributed by atoms with Gasteiger partial charge in [0.15, 0.2) is 0 Å². The number of nitrogens with one attached hydrogen (secondary N) is 2. The zero-order valence-corrected chi connectivity index (χ0v) is 11.7. The third-order valence-electron chi connectivity index (χ3n) is 2.07. The monoisotopic (exact) mass is 268 g/mol. The van der Waals surface area contributed by atoms with Crippen molar-refractivity contribution in [2.24, 2.45) is 0 Å². The first kappa shape index (κ1) is 15.1. The first-order valence-electron chi connectivity index (χ1n) is 6.13. The molecule has 0 aliphatic rings. The highest BCUT2D eigenvalue weighted by atomic mass is 16.6. The fraction of sp³-hybridized carbons (Fsp3) is 0.538. The standard InChI is InChI=1S/C13H20N2O4/c1-5-18-11(16)10-6-9(7-14-10)8-15-12(17)19-13(2,3)4/h6-7,14H,5,8H2,1-4H3,(H,15,17). The summed E-state index contributed by atoms with van der Waals surface area (Å²) in [7, 11) is 0. The Morgan fingerprint density at radius 3 is 2.63 bits per heavy atom. The molecule has 0 aromatic carbocycles. The van der Waals surface area contributed by atoms with Crippen molar-refractivity contribution in [2.45, 2.75) is 39.8 Å². The lowest BCUT2D eigenvalue weighted by Gasteiger charge is -2.19. The molecule has 0 spiro atoms. The number of esters is 1. The molecule has 1 amide bonds. The highest BCUT2D eigenvalue weighted by Crippen LogP contribution is 2.08. The molecular formula is C13H20N2O4. The van der Waals surface area contributed by atoms with Crippen molar-refractivity contribution in [3.8, 4) is 0 Å². The molecule has 0 saturated carbocycles. The SMILES string of the molecule is CCOC(=O)c1cc(CNC(=O)OC(C)(C)C)c[nH]1. The van der Waals surface area contributed by atoms with Crippen LogP contribution in [0.1, 0.15) is 43.7 Å². The van der Waals surface area contributed by atoms with Gasteiger partial charge in [-0.15, -0.1) is 0 Å². The predicted octanol–water partition coefficient (Wildman–Crippen LogP) is 2.22. The van der Waals surface area contributed by atoms with E-state index >= 15 is 0 Å². The van der Waals surface area contributed by atoms with Crippen LogP contribution in [0.3, 0.4) is 0 Å². The van der Waals surface area contributed by atoms with Gasteiger partial charge in [-0.05, 0) is 39.3 Å². The summed E-state index contributed by atoms with van der Waals surface area (Å²) in [6.07, 6.45) is 1.15. The van der Waals surface area contributed by atoms with Crippen LogP contribution >= 0.6 is 0 Å². The summed E-state index contributed by atoms with van der Waals surface area (Å²) < 4.78 is 9.95. The van der Waals surface area contributed by atoms with Crippen molar-refractivity contribution in [3.63, 3.8) is 0 Å². The van der Waals surface area contributed by atoms with E-state index in [9.17, 15) is 9.59 Å². The van der Waals surface area contributed by atoms with Gasteiger partial charge in [0.2, 0.25) is 0 Å². The van der Waals surface area contributed by atoms with Gasteiger partial charge in [0, 0.05) is 12.7 Å². The fourth-order valence-corrected chi connectivity index (χ4v) is 1.36. The molecule has 1 heterocycles. The Labute approximate surface area is 112 Å². The molecule has 1 rings (SSSR count). The van der Waals surface area contributed by atoms with Crippen molar-refractivity contribution in [1.82, 2.24) is 10.3 Å². The van der Waals surface area contributed by atoms with Crippen LogP contribution in [-0.4, -0.2) is 29.3 Å². The summed E-state index contributed by atoms with van der Waals surface area (Å²) >= 11 is 0. The Kier molecular flexibility index (Phi) is 4.97. The second kappa shape index (κ2) is 6.26. The van der Waals surface area contributed by atoms with Crippen LogP contribution < -0.4 is 5.32 Å². The van der Waals surface area contributed by atoms with Gasteiger partial charge >= 0.3 is 12.1 Å². The average molecular weight is 268 g/mol. The number of alkyl carbamates (subject to hydrolysis) is 1. The maximum atomic E-state index is 11.4. The summed E-state index contributed by atoms with van der Waals surface area (Å²) in [5.41, 5.74) is 0.606. The minimum atomic E-state index is -0.529. The van der Waals surface area contributed by atoms with Crippen LogP contribution in [0.25, 0.3) is 0 Å². The number of rotatable bonds is 4. The third-order valence-corrected chi connectivity index (χ3v) is 2.07. The van der Waals surface area contributed by atoms with Gasteiger partial charge in [0.05, 0.1) is 6.61 Å². The molecule has 0 bridgehead atoms. The molecule has 0 aliphatic carbocycles. The van der Waals surface area contributed by atoms with E-state index in [1.165, 1.54) is 0 Å². The van der Waals surface area contributed by atoms with Crippen molar-refractivity contribution in [2.75, 3.05) is 6.61 Å². The maximum Gasteiger partial charge on any atom is 0.407 e. The van der Waals surface area contributed by atoms with E-state index in [0.29, 0.717) is 12.3 Å². The number of carbonyl (C=O) groups is 2. The van der Waals surface area contributed by atoms with Crippen LogP contribution in [0.5, 0.6) is 0 Å². The second-order valence-electron chi connectivity index (χ2n) is 5.00. The molecule has 0 aliphatic heterocycles. The minimum Gasteiger partial charge on any atom is -0.461 e. The first-order chi connectivity index (χ1) is 8.81. The summed E-state index contributed by atoms with van der Waals surface area (Å²) in [6.45, 7) is 7.73. The number of aromatic amines is 1. The largest absolute Gasteiger partial charge is 0.461 e. The van der Waals surface area contributed by atoms with Gasteiger partial charge in [-0.1, -0.05) is 0 Å². The van der Waals surface area contributed by atoms with Crippen molar-refractivity contribution in [1.29, 1.82) is 0 Å². The van der Waals surface area contributed by atoms with E-state index < -0.39 is 17.7 Å². The molecule has 1 aromatic heterocycles. The van der Waals surface area contributed by atoms with Gasteiger partial charge in [-0.3, -0.25) is 0 Å². The molecule has 6 nitrogen and oxygen atoms in total. The van der Waals surface area contributed by atoms with E-state index in [1.54, 1.807) is 40.0 Å². The van der Waals surface area contributed by atoms with E-state index in [-0.39, 0.29) is 6.54 Å². The van der Waals surface area contributed by atoms with Crippen LogP contribution in [0.15, 0.2) is 12.3 Å². The Hall–Kier alpha value is -1.98. The topological polar surface area (TPSA) is 80.4 Å². The molecule has 19 heavy (non-hydrogen) atoms. The van der Waals surface area contributed by atoms with E-state index in [1.807, 2.05) is 0 Å². The Morgan fingerprint density at radius 2 is 2.05 bits per heavy atom. The Morgan fingerprint density at radius 1 is 1.37 bits per heavy atom. The number of H-pyrrole nitrogens is 1. The van der Waals surface area contributed by atoms with Crippen LogP contribution in [0.2, 0.25) is 0 Å². The van der Waals surface area contributed by atoms with Crippen molar-refractivity contribution < 1.29 is 19.1 Å². The molecule has 0 radical (unpaired) electrons. The summed E-state index contributed by atoms with van der Waals surface area (Å²) in [6, 6.07) is 1.63. The quantitative estimate of drug-likeness (QED) is 0.820. The summed E-state index contributed by atoms with van der Waals surface area (Å²) in [5, 5.41) is 2.61. The van der Waals surface area contributed by atoms with E-state index in [4.69, 9.17) is 9.47 Å². The number of ether oxygens (including phenoxy) is 2. The Bertz CT molecular complexity index is 446. The zero-order valence-electron chi connectivity index (χ0n) is 11.7. The molecule has 0 atom stereocenters. The third kappa shape index (κ3) is 5.46. The van der Waals surface area contributed by atoms with Gasteiger partial charge in [0.1, 0.15) is 11.3 Å². The summed E-state index contributed by atoms with van der Waals surface area (Å²) in [5.74, 6) is -0.411. The number of hydrogen-bond acceptors (Lipinski definition) is 4. The lowest BCUT2D eigenvalue weighted by Crippen LogP contribution is -2.32. The molecule has 6 heteroatoms. The average Bonchev–Trinajstić information content (AvgIpc) is 2.73. The summed E-state index contributed by atoms with van der Waals surface area (Å²) in [4.78, 5) is 25.7. The highest BCUT2D eigenvalue weighted by molar-refractivity contribution is 5.87. The maximum absolute atomic E-state index is 11.4. The first-order valence-corrected chi connectivity index (χ1v) is 6.13. The Balaban J connectivity index is 2.46. The molecule has 0 fully saturated rings. The van der Waals surface area contributed by atoms with Crippen LogP contribution in [-0.2, 0) is 16.0 Å². The smallest absolute Gasteiger partial charge is 0.407 e. The molecule has 1 aromatic rings. The normalized spacial score (nSPS) is 10.9. The number of carbonyl (C=O) groups excluding carboxylic acids is 2. The number of amides is 1. The van der Waals surface area contributed by atoms with Gasteiger partial charge in [-0.25, -0.2) is 9.59 Å². The fourth-order valence-electron chi connectivity index (χ4n) is 1.36. The molecule has 106 valence electrons. The number of aromatic nitrogens is 1. The van der Waals surface area contributed by atoms with Crippen LogP contribution in [0.4, 0.5) is 4.79 Å². The van der Waals surface area contributed by atoms with Crippen molar-refractivity contribution >= 4 is 12.1 Å². The van der Waals surface area contributed by atoms with Gasteiger partial charge in [0.25, 0.3) is 0 Å². The lowest BCUT2D eigenvalue weighted by molar-refractivity contribution is 0.0513. The second-order valence-corrected chi connectivity index (χ2v) is 5.00. The van der Waals surface area contributed by atoms with Gasteiger partial charge < -0.3 is 19.8 Å². The zero-order chi connectivity index (χ0) is 14.5. The predicted molar refractivity (Wildman–Crippen MR) is 69.8 cm³/mol. The van der Waals surface area contributed by atoms with Crippen molar-refractivity contribution in [3.05, 3.63) is 23.5 Å². The molecular weight excluding hydrogens is 248 g/mol. The van der Waals surface area contributed by atoms with Gasteiger partial charge in [-0.2, -0.15) is 0 Å². The van der Waals surface area contributed by atoms with E-state index in [2.05, 4.69) is 10.3 Å². The minimum absolute atomic E-state index is 0.283. The lowest BCUT2D eigenvalue weighted by atomic mass is 10.2. The highest BCUT2D eigenvalue weighted by Gasteiger charge is 2.16. The molecule has 0 unspecified atom stereocenters. The van der Waals surface area contributed by atoms with Crippen LogP contribution in [0, 0.1) is 0 Å². The molecule has 2 N–H and O–H groups in total. The number of hydrogen-bond donors (Lipinski definition) is 2. The molecule has 0 saturated heterocycles.